The van der Waals surface area contributed by atoms with Gasteiger partial charge in [-0.2, -0.15) is 5.26 Å². The molecule has 10 heavy (non-hydrogen) atoms. The van der Waals surface area contributed by atoms with Crippen LogP contribution in [0.1, 0.15) is 19.8 Å². The average molecular weight is 161 g/mol. The Bertz CT molecular complexity index is 126. The van der Waals surface area contributed by atoms with Gasteiger partial charge in [-0.15, -0.1) is 12.4 Å². The zero-order valence-corrected chi connectivity index (χ0v) is 6.95. The minimum absolute atomic E-state index is 0. The van der Waals surface area contributed by atoms with Crippen LogP contribution >= 0.6 is 12.4 Å². The molecular formula is C7H13ClN2. The largest absolute Gasteiger partial charge is 0.302 e. The monoisotopic (exact) mass is 160 g/mol. The van der Waals surface area contributed by atoms with E-state index in [2.05, 4.69) is 18.3 Å². The number of halogens is 1. The van der Waals surface area contributed by atoms with Crippen molar-refractivity contribution < 1.29 is 0 Å². The molecule has 3 heteroatoms. The van der Waals surface area contributed by atoms with E-state index in [1.165, 1.54) is 12.8 Å². The number of nitriles is 1. The predicted molar refractivity (Wildman–Crippen MR) is 43.0 cm³/mol. The highest BCUT2D eigenvalue weighted by Gasteiger charge is 2.26. The lowest BCUT2D eigenvalue weighted by molar-refractivity contribution is 0.526. The summed E-state index contributed by atoms with van der Waals surface area (Å²) in [5.74, 6) is 0.860. The molecule has 1 atom stereocenters. The first-order valence-corrected chi connectivity index (χ1v) is 3.45. The Labute approximate surface area is 68.0 Å². The fourth-order valence-electron chi connectivity index (χ4n) is 0.970. The predicted octanol–water partition coefficient (Wildman–Crippen LogP) is 1.32. The maximum Gasteiger partial charge on any atom is 0.0843 e. The van der Waals surface area contributed by atoms with E-state index < -0.39 is 0 Å². The molecule has 58 valence electrons. The summed E-state index contributed by atoms with van der Waals surface area (Å²) in [6.07, 6.45) is 2.69. The van der Waals surface area contributed by atoms with Crippen LogP contribution in [0.25, 0.3) is 0 Å². The number of rotatable bonds is 3. The second kappa shape index (κ2) is 4.54. The summed E-state index contributed by atoms with van der Waals surface area (Å²) < 4.78 is 0. The van der Waals surface area contributed by atoms with E-state index >= 15 is 0 Å². The molecule has 1 fully saturated rings. The average Bonchev–Trinajstić information content (AvgIpc) is 2.63. The quantitative estimate of drug-likeness (QED) is 0.633. The molecule has 1 saturated carbocycles. The van der Waals surface area contributed by atoms with E-state index in [-0.39, 0.29) is 12.4 Å². The van der Waals surface area contributed by atoms with Gasteiger partial charge in [0, 0.05) is 6.04 Å². The van der Waals surface area contributed by atoms with Gasteiger partial charge in [-0.05, 0) is 25.7 Å². The molecule has 2 nitrogen and oxygen atoms in total. The lowest BCUT2D eigenvalue weighted by Gasteiger charge is -2.07. The van der Waals surface area contributed by atoms with Crippen molar-refractivity contribution in [3.63, 3.8) is 0 Å². The molecule has 1 aliphatic carbocycles. The van der Waals surface area contributed by atoms with Crippen LogP contribution in [-0.4, -0.2) is 12.6 Å². The van der Waals surface area contributed by atoms with Crippen LogP contribution in [0.4, 0.5) is 0 Å². The number of hydrogen-bond donors (Lipinski definition) is 1. The lowest BCUT2D eigenvalue weighted by Crippen LogP contribution is -2.27. The fourth-order valence-corrected chi connectivity index (χ4v) is 0.970. The van der Waals surface area contributed by atoms with Gasteiger partial charge in [-0.1, -0.05) is 0 Å². The SMILES string of the molecule is C[C@H](NCC#N)C1CC1.Cl. The molecular weight excluding hydrogens is 148 g/mol. The second-order valence-electron chi connectivity index (χ2n) is 2.67. The van der Waals surface area contributed by atoms with Crippen LogP contribution in [0, 0.1) is 17.2 Å². The van der Waals surface area contributed by atoms with Crippen molar-refractivity contribution in [1.82, 2.24) is 5.32 Å². The van der Waals surface area contributed by atoms with E-state index in [9.17, 15) is 0 Å². The Morgan fingerprint density at radius 3 is 2.70 bits per heavy atom. The van der Waals surface area contributed by atoms with E-state index in [1.807, 2.05) is 0 Å². The molecule has 0 bridgehead atoms. The van der Waals surface area contributed by atoms with Gasteiger partial charge in [0.15, 0.2) is 0 Å². The third kappa shape index (κ3) is 3.05. The van der Waals surface area contributed by atoms with Crippen LogP contribution in [0.5, 0.6) is 0 Å². The summed E-state index contributed by atoms with van der Waals surface area (Å²) in [7, 11) is 0. The Hall–Kier alpha value is -0.260. The summed E-state index contributed by atoms with van der Waals surface area (Å²) in [5.41, 5.74) is 0. The Morgan fingerprint density at radius 1 is 1.70 bits per heavy atom. The molecule has 0 spiro atoms. The minimum Gasteiger partial charge on any atom is -0.302 e. The van der Waals surface area contributed by atoms with Gasteiger partial charge in [0.25, 0.3) is 0 Å². The van der Waals surface area contributed by atoms with Crippen molar-refractivity contribution >= 4 is 12.4 Å². The molecule has 0 unspecified atom stereocenters. The third-order valence-corrected chi connectivity index (χ3v) is 1.83. The Morgan fingerprint density at radius 2 is 2.30 bits per heavy atom. The van der Waals surface area contributed by atoms with Crippen LogP contribution in [0.2, 0.25) is 0 Å². The minimum atomic E-state index is 0. The standard InChI is InChI=1S/C7H12N2.ClH/c1-6(7-2-3-7)9-5-4-8;/h6-7,9H,2-3,5H2,1H3;1H/t6-;/m0./s1. The highest BCUT2D eigenvalue weighted by atomic mass is 35.5. The van der Waals surface area contributed by atoms with Gasteiger partial charge >= 0.3 is 0 Å². The van der Waals surface area contributed by atoms with Crippen molar-refractivity contribution in [2.75, 3.05) is 6.54 Å². The lowest BCUT2D eigenvalue weighted by atomic mass is 10.2. The van der Waals surface area contributed by atoms with E-state index in [1.54, 1.807) is 0 Å². The second-order valence-corrected chi connectivity index (χ2v) is 2.67. The van der Waals surface area contributed by atoms with E-state index in [4.69, 9.17) is 5.26 Å². The summed E-state index contributed by atoms with van der Waals surface area (Å²) in [6, 6.07) is 2.63. The first-order valence-electron chi connectivity index (χ1n) is 3.45. The maximum atomic E-state index is 8.20. The van der Waals surface area contributed by atoms with Crippen LogP contribution in [0.15, 0.2) is 0 Å². The van der Waals surface area contributed by atoms with Gasteiger partial charge in [-0.3, -0.25) is 0 Å². The van der Waals surface area contributed by atoms with Crippen molar-refractivity contribution in [1.29, 1.82) is 5.26 Å². The molecule has 0 aromatic heterocycles. The highest BCUT2D eigenvalue weighted by Crippen LogP contribution is 2.31. The summed E-state index contributed by atoms with van der Waals surface area (Å²) >= 11 is 0. The molecule has 1 rings (SSSR count). The molecule has 0 heterocycles. The zero-order chi connectivity index (χ0) is 6.69. The highest BCUT2D eigenvalue weighted by molar-refractivity contribution is 5.85. The van der Waals surface area contributed by atoms with Gasteiger partial charge < -0.3 is 5.32 Å². The molecule has 1 N–H and O–H groups in total. The molecule has 0 aliphatic heterocycles. The number of hydrogen-bond acceptors (Lipinski definition) is 2. The van der Waals surface area contributed by atoms with Gasteiger partial charge in [0.2, 0.25) is 0 Å². The van der Waals surface area contributed by atoms with Crippen molar-refractivity contribution in [3.05, 3.63) is 0 Å². The summed E-state index contributed by atoms with van der Waals surface area (Å²) in [4.78, 5) is 0. The smallest absolute Gasteiger partial charge is 0.0843 e. The summed E-state index contributed by atoms with van der Waals surface area (Å²) in [5, 5.41) is 11.3. The molecule has 0 amide bonds. The molecule has 0 radical (unpaired) electrons. The molecule has 0 saturated heterocycles. The van der Waals surface area contributed by atoms with Crippen molar-refractivity contribution in [2.24, 2.45) is 5.92 Å². The molecule has 0 aromatic carbocycles. The molecule has 1 aliphatic rings. The fraction of sp³-hybridized carbons (Fsp3) is 0.857. The number of nitrogens with zero attached hydrogens (tertiary/aromatic N) is 1. The Kier molecular flexibility index (Phi) is 4.42. The van der Waals surface area contributed by atoms with Gasteiger partial charge in [0.05, 0.1) is 12.6 Å². The number of nitrogens with one attached hydrogen (secondary N) is 1. The summed E-state index contributed by atoms with van der Waals surface area (Å²) in [6.45, 7) is 2.65. The first kappa shape index (κ1) is 9.74. The first-order chi connectivity index (χ1) is 4.34. The third-order valence-electron chi connectivity index (χ3n) is 1.83. The van der Waals surface area contributed by atoms with Crippen molar-refractivity contribution in [2.45, 2.75) is 25.8 Å². The van der Waals surface area contributed by atoms with Crippen LogP contribution in [0.3, 0.4) is 0 Å². The molecule has 0 aromatic rings. The van der Waals surface area contributed by atoms with Gasteiger partial charge in [-0.25, -0.2) is 0 Å². The maximum absolute atomic E-state index is 8.20. The van der Waals surface area contributed by atoms with Crippen LogP contribution < -0.4 is 5.32 Å². The van der Waals surface area contributed by atoms with E-state index in [0.29, 0.717) is 12.6 Å². The van der Waals surface area contributed by atoms with Crippen LogP contribution in [-0.2, 0) is 0 Å². The van der Waals surface area contributed by atoms with Gasteiger partial charge in [0.1, 0.15) is 0 Å². The topological polar surface area (TPSA) is 35.8 Å². The van der Waals surface area contributed by atoms with Crippen molar-refractivity contribution in [3.8, 4) is 6.07 Å². The normalized spacial score (nSPS) is 18.8. The Balaban J connectivity index is 0.000000810. The zero-order valence-electron chi connectivity index (χ0n) is 6.13. The van der Waals surface area contributed by atoms with E-state index in [0.717, 1.165) is 5.92 Å².